The summed E-state index contributed by atoms with van der Waals surface area (Å²) in [6, 6.07) is 12.1. The Labute approximate surface area is 129 Å². The molecular formula is C15H16N2O4S. The van der Waals surface area contributed by atoms with E-state index in [1.807, 2.05) is 11.9 Å². The number of hydrogen-bond donors (Lipinski definition) is 1. The van der Waals surface area contributed by atoms with Gasteiger partial charge < -0.3 is 14.4 Å². The van der Waals surface area contributed by atoms with Crippen LogP contribution in [0, 0.1) is 0 Å². The normalized spacial score (nSPS) is 16.0. The summed E-state index contributed by atoms with van der Waals surface area (Å²) >= 11 is 0. The Hall–Kier alpha value is -2.25. The number of sulfonamides is 1. The molecular weight excluding hydrogens is 304 g/mol. The summed E-state index contributed by atoms with van der Waals surface area (Å²) in [6.07, 6.45) is 0. The van der Waals surface area contributed by atoms with Crippen LogP contribution in [0.1, 0.15) is 0 Å². The van der Waals surface area contributed by atoms with Gasteiger partial charge in [0.25, 0.3) is 0 Å². The maximum Gasteiger partial charge on any atom is 0.244 e. The van der Waals surface area contributed by atoms with Crippen LogP contribution in [0.2, 0.25) is 0 Å². The van der Waals surface area contributed by atoms with Crippen LogP contribution in [0.4, 0.5) is 5.69 Å². The first-order chi connectivity index (χ1) is 10.5. The van der Waals surface area contributed by atoms with Crippen LogP contribution in [-0.4, -0.2) is 29.2 Å². The minimum atomic E-state index is -3.49. The fourth-order valence-electron chi connectivity index (χ4n) is 2.21. The summed E-state index contributed by atoms with van der Waals surface area (Å²) in [5.74, 6) is 1.80. The zero-order valence-corrected chi connectivity index (χ0v) is 13.1. The summed E-state index contributed by atoms with van der Waals surface area (Å²) in [5, 5.41) is 0. The lowest BCUT2D eigenvalue weighted by atomic mass is 10.2. The van der Waals surface area contributed by atoms with Crippen molar-refractivity contribution in [1.29, 1.82) is 0 Å². The first kappa shape index (κ1) is 14.7. The molecule has 116 valence electrons. The van der Waals surface area contributed by atoms with Gasteiger partial charge in [0.05, 0.1) is 19.5 Å². The van der Waals surface area contributed by atoms with Gasteiger partial charge in [0.15, 0.2) is 0 Å². The summed E-state index contributed by atoms with van der Waals surface area (Å²) in [6.45, 7) is 0.258. The van der Waals surface area contributed by atoms with Gasteiger partial charge in [-0.3, -0.25) is 0 Å². The highest BCUT2D eigenvalue weighted by atomic mass is 32.2. The van der Waals surface area contributed by atoms with E-state index in [4.69, 9.17) is 9.47 Å². The summed E-state index contributed by atoms with van der Waals surface area (Å²) in [4.78, 5) is 2.04. The molecule has 3 rings (SSSR count). The second-order valence-corrected chi connectivity index (χ2v) is 6.65. The molecule has 0 radical (unpaired) electrons. The number of benzene rings is 2. The average Bonchev–Trinajstić information content (AvgIpc) is 2.52. The number of nitrogens with zero attached hydrogens (tertiary/aromatic N) is 1. The van der Waals surface area contributed by atoms with Gasteiger partial charge in [-0.2, -0.15) is 4.72 Å². The second kappa shape index (κ2) is 5.51. The Morgan fingerprint density at radius 1 is 1.05 bits per heavy atom. The van der Waals surface area contributed by atoms with Crippen molar-refractivity contribution in [2.24, 2.45) is 0 Å². The molecule has 0 saturated heterocycles. The fourth-order valence-corrected chi connectivity index (χ4v) is 3.50. The molecule has 1 aliphatic heterocycles. The van der Waals surface area contributed by atoms with Crippen LogP contribution in [0.5, 0.6) is 17.2 Å². The molecule has 1 aliphatic rings. The molecule has 0 spiro atoms. The topological polar surface area (TPSA) is 67.9 Å². The van der Waals surface area contributed by atoms with Crippen molar-refractivity contribution < 1.29 is 17.9 Å². The largest absolute Gasteiger partial charge is 0.497 e. The van der Waals surface area contributed by atoms with Gasteiger partial charge in [0.2, 0.25) is 10.0 Å². The number of ether oxygens (including phenoxy) is 2. The average molecular weight is 320 g/mol. The molecule has 6 nitrogen and oxygen atoms in total. The molecule has 1 heterocycles. The van der Waals surface area contributed by atoms with E-state index >= 15 is 0 Å². The molecule has 2 aromatic rings. The highest BCUT2D eigenvalue weighted by Crippen LogP contribution is 2.33. The van der Waals surface area contributed by atoms with Crippen LogP contribution in [-0.2, 0) is 10.0 Å². The van der Waals surface area contributed by atoms with E-state index < -0.39 is 10.0 Å². The van der Waals surface area contributed by atoms with E-state index in [0.29, 0.717) is 17.2 Å². The predicted molar refractivity (Wildman–Crippen MR) is 83.1 cm³/mol. The van der Waals surface area contributed by atoms with E-state index in [1.54, 1.807) is 43.5 Å². The van der Waals surface area contributed by atoms with Crippen molar-refractivity contribution in [1.82, 2.24) is 4.72 Å². The summed E-state index contributed by atoms with van der Waals surface area (Å²) in [7, 11) is -0.0772. The number of nitrogens with one attached hydrogen (secondary N) is 1. The third kappa shape index (κ3) is 2.72. The number of methoxy groups -OCH3 is 1. The molecule has 0 atom stereocenters. The van der Waals surface area contributed by atoms with E-state index in [0.717, 1.165) is 5.75 Å². The fraction of sp³-hybridized carbons (Fsp3) is 0.200. The van der Waals surface area contributed by atoms with Gasteiger partial charge in [-0.15, -0.1) is 0 Å². The van der Waals surface area contributed by atoms with Crippen molar-refractivity contribution in [3.05, 3.63) is 42.5 Å². The van der Waals surface area contributed by atoms with E-state index in [9.17, 15) is 8.42 Å². The Morgan fingerprint density at radius 3 is 2.36 bits per heavy atom. The third-order valence-corrected chi connectivity index (χ3v) is 4.83. The lowest BCUT2D eigenvalue weighted by Gasteiger charge is -2.28. The predicted octanol–water partition coefficient (Wildman–Crippen LogP) is 2.17. The van der Waals surface area contributed by atoms with Gasteiger partial charge in [0.1, 0.15) is 22.1 Å². The van der Waals surface area contributed by atoms with Gasteiger partial charge in [0, 0.05) is 13.1 Å². The molecule has 0 saturated carbocycles. The maximum atomic E-state index is 12.1. The standard InChI is InChI=1S/C15H16N2O4S/c1-17-10-16-22(18,19)15-9-13(7-8-14(15)17)21-12-5-3-11(20-2)4-6-12/h3-9,16H,10H2,1-2H3. The monoisotopic (exact) mass is 320 g/mol. The minimum absolute atomic E-state index is 0.215. The van der Waals surface area contributed by atoms with Crippen molar-refractivity contribution in [2.45, 2.75) is 4.90 Å². The highest BCUT2D eigenvalue weighted by molar-refractivity contribution is 7.89. The van der Waals surface area contributed by atoms with Gasteiger partial charge >= 0.3 is 0 Å². The zero-order valence-electron chi connectivity index (χ0n) is 12.2. The Kier molecular flexibility index (Phi) is 3.67. The number of fused-ring (bicyclic) bond motifs is 1. The molecule has 0 amide bonds. The third-order valence-electron chi connectivity index (χ3n) is 3.42. The lowest BCUT2D eigenvalue weighted by molar-refractivity contribution is 0.413. The zero-order chi connectivity index (χ0) is 15.7. The van der Waals surface area contributed by atoms with Crippen LogP contribution in [0.3, 0.4) is 0 Å². The summed E-state index contributed by atoms with van der Waals surface area (Å²) in [5.41, 5.74) is 0.654. The second-order valence-electron chi connectivity index (χ2n) is 4.91. The summed E-state index contributed by atoms with van der Waals surface area (Å²) < 4.78 is 37.5. The Morgan fingerprint density at radius 2 is 1.68 bits per heavy atom. The van der Waals surface area contributed by atoms with Crippen molar-refractivity contribution in [3.8, 4) is 17.2 Å². The number of anilines is 1. The molecule has 1 N–H and O–H groups in total. The molecule has 0 aromatic heterocycles. The molecule has 2 aromatic carbocycles. The minimum Gasteiger partial charge on any atom is -0.497 e. The van der Waals surface area contributed by atoms with E-state index in [1.165, 1.54) is 6.07 Å². The highest BCUT2D eigenvalue weighted by Gasteiger charge is 2.26. The van der Waals surface area contributed by atoms with Crippen molar-refractivity contribution in [3.63, 3.8) is 0 Å². The SMILES string of the molecule is COc1ccc(Oc2ccc3c(c2)S(=O)(=O)NCN3C)cc1. The van der Waals surface area contributed by atoms with Crippen LogP contribution in [0.15, 0.2) is 47.4 Å². The molecule has 7 heteroatoms. The van der Waals surface area contributed by atoms with Crippen LogP contribution >= 0.6 is 0 Å². The number of rotatable bonds is 3. The molecule has 0 bridgehead atoms. The molecule has 0 unspecified atom stereocenters. The van der Waals surface area contributed by atoms with Gasteiger partial charge in [-0.25, -0.2) is 8.42 Å². The molecule has 0 fully saturated rings. The van der Waals surface area contributed by atoms with Crippen LogP contribution in [0.25, 0.3) is 0 Å². The van der Waals surface area contributed by atoms with Crippen molar-refractivity contribution in [2.75, 3.05) is 25.7 Å². The number of hydrogen-bond acceptors (Lipinski definition) is 5. The smallest absolute Gasteiger partial charge is 0.244 e. The Bertz CT molecular complexity index is 788. The van der Waals surface area contributed by atoms with Crippen LogP contribution < -0.4 is 19.1 Å². The quantitative estimate of drug-likeness (QED) is 0.939. The Balaban J connectivity index is 1.92. The molecule has 22 heavy (non-hydrogen) atoms. The maximum absolute atomic E-state index is 12.1. The van der Waals surface area contributed by atoms with Crippen molar-refractivity contribution >= 4 is 15.7 Å². The van der Waals surface area contributed by atoms with E-state index in [2.05, 4.69) is 4.72 Å². The van der Waals surface area contributed by atoms with E-state index in [-0.39, 0.29) is 11.6 Å². The first-order valence-electron chi connectivity index (χ1n) is 6.66. The van der Waals surface area contributed by atoms with Gasteiger partial charge in [-0.1, -0.05) is 0 Å². The van der Waals surface area contributed by atoms with Gasteiger partial charge in [-0.05, 0) is 36.4 Å². The lowest BCUT2D eigenvalue weighted by Crippen LogP contribution is -2.40. The first-order valence-corrected chi connectivity index (χ1v) is 8.15. The molecule has 0 aliphatic carbocycles.